The molecule has 0 spiro atoms. The summed E-state index contributed by atoms with van der Waals surface area (Å²) in [6.45, 7) is 0. The summed E-state index contributed by atoms with van der Waals surface area (Å²) in [4.78, 5) is 12.2. The smallest absolute Gasteiger partial charge is 0.308 e. The van der Waals surface area contributed by atoms with Gasteiger partial charge in [-0.15, -0.1) is 11.3 Å². The Bertz CT molecular complexity index is 1010. The van der Waals surface area contributed by atoms with Crippen LogP contribution in [0.5, 0.6) is 0 Å². The van der Waals surface area contributed by atoms with E-state index in [0.29, 0.717) is 0 Å². The molecular formula is C25H19BrO2S. The summed E-state index contributed by atoms with van der Waals surface area (Å²) in [6, 6.07) is 31.2. The minimum atomic E-state index is -0.830. The number of aliphatic carboxylic acids is 1. The fourth-order valence-electron chi connectivity index (χ4n) is 3.92. The minimum absolute atomic E-state index is 0.000299. The lowest BCUT2D eigenvalue weighted by molar-refractivity contribution is -0.136. The van der Waals surface area contributed by atoms with Gasteiger partial charge in [0.25, 0.3) is 0 Å². The number of thiophene rings is 1. The van der Waals surface area contributed by atoms with Gasteiger partial charge in [0.15, 0.2) is 0 Å². The highest BCUT2D eigenvalue weighted by Crippen LogP contribution is 2.49. The van der Waals surface area contributed by atoms with E-state index in [1.807, 2.05) is 54.6 Å². The second-order valence-corrected chi connectivity index (χ2v) is 8.56. The maximum Gasteiger partial charge on any atom is 0.308 e. The van der Waals surface area contributed by atoms with Crippen LogP contribution in [0.25, 0.3) is 0 Å². The standard InChI is InChI=1S/C25H19BrO2S/c26-24-21(17-29-22(24)16-23(27)28)25(18-10-4-1-5-11-18,19-12-6-2-7-13-19)20-14-8-3-9-15-20/h1-15,17H,16H2,(H,27,28). The normalized spacial score (nSPS) is 11.3. The number of hydrogen-bond acceptors (Lipinski definition) is 2. The van der Waals surface area contributed by atoms with Crippen molar-refractivity contribution in [2.75, 3.05) is 0 Å². The highest BCUT2D eigenvalue weighted by atomic mass is 79.9. The third kappa shape index (κ3) is 3.54. The van der Waals surface area contributed by atoms with Crippen molar-refractivity contribution in [3.8, 4) is 0 Å². The molecule has 0 aliphatic rings. The number of halogens is 1. The second-order valence-electron chi connectivity index (χ2n) is 6.81. The van der Waals surface area contributed by atoms with Crippen LogP contribution < -0.4 is 0 Å². The van der Waals surface area contributed by atoms with Crippen LogP contribution in [0.3, 0.4) is 0 Å². The SMILES string of the molecule is O=C(O)Cc1scc(C(c2ccccc2)(c2ccccc2)c2ccccc2)c1Br. The predicted octanol–water partition coefficient (Wildman–Crippen LogP) is 6.52. The third-order valence-corrected chi connectivity index (χ3v) is 7.29. The second kappa shape index (κ2) is 8.36. The Morgan fingerprint density at radius 3 is 1.59 bits per heavy atom. The quantitative estimate of drug-likeness (QED) is 0.331. The molecule has 0 radical (unpaired) electrons. The van der Waals surface area contributed by atoms with Crippen LogP contribution in [0.15, 0.2) is 101 Å². The molecule has 3 aromatic carbocycles. The van der Waals surface area contributed by atoms with Crippen LogP contribution in [-0.2, 0) is 16.6 Å². The molecule has 4 heteroatoms. The van der Waals surface area contributed by atoms with Crippen molar-refractivity contribution < 1.29 is 9.90 Å². The van der Waals surface area contributed by atoms with Gasteiger partial charge >= 0.3 is 5.97 Å². The van der Waals surface area contributed by atoms with Crippen molar-refractivity contribution in [3.63, 3.8) is 0 Å². The summed E-state index contributed by atoms with van der Waals surface area (Å²) in [7, 11) is 0. The van der Waals surface area contributed by atoms with E-state index in [4.69, 9.17) is 0 Å². The average molecular weight is 463 g/mol. The van der Waals surface area contributed by atoms with Gasteiger partial charge in [-0.1, -0.05) is 91.0 Å². The summed E-state index contributed by atoms with van der Waals surface area (Å²) in [6.07, 6.45) is -0.000299. The molecule has 0 atom stereocenters. The van der Waals surface area contributed by atoms with Gasteiger partial charge in [-0.25, -0.2) is 0 Å². The van der Waals surface area contributed by atoms with Gasteiger partial charge < -0.3 is 5.11 Å². The van der Waals surface area contributed by atoms with E-state index in [9.17, 15) is 9.90 Å². The summed E-state index contributed by atoms with van der Waals surface area (Å²) in [5, 5.41) is 11.4. The van der Waals surface area contributed by atoms with Gasteiger partial charge in [0.1, 0.15) is 0 Å². The fraction of sp³-hybridized carbons (Fsp3) is 0.0800. The molecule has 144 valence electrons. The molecule has 0 saturated heterocycles. The average Bonchev–Trinajstić information content (AvgIpc) is 3.11. The van der Waals surface area contributed by atoms with Crippen LogP contribution in [0.1, 0.15) is 27.1 Å². The maximum atomic E-state index is 11.4. The Labute approximate surface area is 182 Å². The first-order valence-electron chi connectivity index (χ1n) is 9.28. The Kier molecular flexibility index (Phi) is 5.65. The molecule has 0 aliphatic heterocycles. The zero-order chi connectivity index (χ0) is 20.3. The Balaban J connectivity index is 2.10. The van der Waals surface area contributed by atoms with E-state index in [0.717, 1.165) is 31.6 Å². The van der Waals surface area contributed by atoms with Gasteiger partial charge in [-0.05, 0) is 43.6 Å². The van der Waals surface area contributed by atoms with Crippen molar-refractivity contribution >= 4 is 33.2 Å². The molecule has 0 aliphatic carbocycles. The molecule has 2 nitrogen and oxygen atoms in total. The zero-order valence-electron chi connectivity index (χ0n) is 15.6. The number of benzene rings is 3. The molecule has 0 amide bonds. The Morgan fingerprint density at radius 1 is 0.793 bits per heavy atom. The fourth-order valence-corrected chi connectivity index (χ4v) is 5.88. The molecular weight excluding hydrogens is 444 g/mol. The Hall–Kier alpha value is -2.69. The van der Waals surface area contributed by atoms with Crippen LogP contribution in [0.2, 0.25) is 0 Å². The Morgan fingerprint density at radius 2 is 1.21 bits per heavy atom. The van der Waals surface area contributed by atoms with Gasteiger partial charge in [-0.3, -0.25) is 4.79 Å². The number of hydrogen-bond donors (Lipinski definition) is 1. The first-order valence-corrected chi connectivity index (χ1v) is 11.0. The number of carboxylic acids is 1. The first kappa shape index (κ1) is 19.6. The monoisotopic (exact) mass is 462 g/mol. The number of carbonyl (C=O) groups is 1. The van der Waals surface area contributed by atoms with E-state index >= 15 is 0 Å². The summed E-state index contributed by atoms with van der Waals surface area (Å²) in [5.41, 5.74) is 3.91. The van der Waals surface area contributed by atoms with Gasteiger partial charge in [0.05, 0.1) is 11.8 Å². The van der Waals surface area contributed by atoms with E-state index in [-0.39, 0.29) is 6.42 Å². The van der Waals surface area contributed by atoms with E-state index in [1.165, 1.54) is 11.3 Å². The number of rotatable bonds is 6. The molecule has 0 unspecified atom stereocenters. The van der Waals surface area contributed by atoms with Gasteiger partial charge in [-0.2, -0.15) is 0 Å². The van der Waals surface area contributed by atoms with E-state index in [2.05, 4.69) is 57.7 Å². The molecule has 0 fully saturated rings. The minimum Gasteiger partial charge on any atom is -0.481 e. The maximum absolute atomic E-state index is 11.4. The molecule has 1 heterocycles. The molecule has 29 heavy (non-hydrogen) atoms. The number of carboxylic acid groups (broad SMARTS) is 1. The van der Waals surface area contributed by atoms with Crippen molar-refractivity contribution in [2.45, 2.75) is 11.8 Å². The van der Waals surface area contributed by atoms with Crippen LogP contribution in [-0.4, -0.2) is 11.1 Å². The molecule has 0 bridgehead atoms. The van der Waals surface area contributed by atoms with Crippen LogP contribution >= 0.6 is 27.3 Å². The highest BCUT2D eigenvalue weighted by molar-refractivity contribution is 9.10. The lowest BCUT2D eigenvalue weighted by atomic mass is 9.66. The van der Waals surface area contributed by atoms with Gasteiger partial charge in [0, 0.05) is 9.35 Å². The predicted molar refractivity (Wildman–Crippen MR) is 122 cm³/mol. The first-order chi connectivity index (χ1) is 14.1. The summed E-state index contributed by atoms with van der Waals surface area (Å²) in [5.74, 6) is -0.830. The summed E-state index contributed by atoms with van der Waals surface area (Å²) < 4.78 is 0.862. The van der Waals surface area contributed by atoms with Crippen molar-refractivity contribution in [1.82, 2.24) is 0 Å². The summed E-state index contributed by atoms with van der Waals surface area (Å²) >= 11 is 5.24. The third-order valence-electron chi connectivity index (χ3n) is 5.14. The zero-order valence-corrected chi connectivity index (χ0v) is 18.0. The molecule has 1 aromatic heterocycles. The van der Waals surface area contributed by atoms with E-state index in [1.54, 1.807) is 0 Å². The van der Waals surface area contributed by atoms with E-state index < -0.39 is 11.4 Å². The van der Waals surface area contributed by atoms with Crippen molar-refractivity contribution in [2.24, 2.45) is 0 Å². The highest BCUT2D eigenvalue weighted by Gasteiger charge is 2.40. The largest absolute Gasteiger partial charge is 0.481 e. The molecule has 1 N–H and O–H groups in total. The molecule has 4 aromatic rings. The van der Waals surface area contributed by atoms with Crippen LogP contribution in [0.4, 0.5) is 0 Å². The topological polar surface area (TPSA) is 37.3 Å². The lowest BCUT2D eigenvalue weighted by Crippen LogP contribution is -2.31. The van der Waals surface area contributed by atoms with Gasteiger partial charge in [0.2, 0.25) is 0 Å². The lowest BCUT2D eigenvalue weighted by Gasteiger charge is -2.36. The molecule has 4 rings (SSSR count). The van der Waals surface area contributed by atoms with Crippen LogP contribution in [0, 0.1) is 0 Å². The van der Waals surface area contributed by atoms with Crippen molar-refractivity contribution in [1.29, 1.82) is 0 Å². The van der Waals surface area contributed by atoms with Crippen molar-refractivity contribution in [3.05, 3.63) is 128 Å². The molecule has 0 saturated carbocycles.